The summed E-state index contributed by atoms with van der Waals surface area (Å²) in [4.78, 5) is 5.40. The number of nitrogen functional groups attached to an aromatic ring is 1. The molecule has 7 heteroatoms. The van der Waals surface area contributed by atoms with Gasteiger partial charge in [0.1, 0.15) is 9.04 Å². The Balaban J connectivity index is 1.71. The number of aromatic nitrogens is 1. The number of hydrogen-bond acceptors (Lipinski definition) is 5. The van der Waals surface area contributed by atoms with Crippen molar-refractivity contribution in [3.05, 3.63) is 102 Å². The zero-order valence-corrected chi connectivity index (χ0v) is 19.8. The highest BCUT2D eigenvalue weighted by molar-refractivity contribution is 7.93. The predicted molar refractivity (Wildman–Crippen MR) is 137 cm³/mol. The van der Waals surface area contributed by atoms with Gasteiger partial charge in [0.2, 0.25) is 0 Å². The molecule has 2 heterocycles. The number of nitrogens with two attached hydrogens (primary N) is 1. The number of rotatable bonds is 5. The summed E-state index contributed by atoms with van der Waals surface area (Å²) < 4.78 is 26.8. The number of nitrogens with zero attached hydrogens (tertiary/aromatic N) is 1. The molecule has 2 N–H and O–H groups in total. The van der Waals surface area contributed by atoms with Crippen LogP contribution in [-0.2, 0) is 15.6 Å². The Kier molecular flexibility index (Phi) is 5.66. The van der Waals surface area contributed by atoms with Crippen molar-refractivity contribution < 1.29 is 8.42 Å². The molecule has 0 fully saturated rings. The van der Waals surface area contributed by atoms with Crippen molar-refractivity contribution >= 4 is 48.7 Å². The SMILES string of the molecule is Nc1c(S(=O)(=O)Cc2ccc(Cl)cc2)sc2nc(-c3ccccc3)cc(-c3ccccc3)c12. The van der Waals surface area contributed by atoms with Crippen LogP contribution in [0.1, 0.15) is 5.56 Å². The van der Waals surface area contributed by atoms with Crippen LogP contribution in [-0.4, -0.2) is 13.4 Å². The lowest BCUT2D eigenvalue weighted by Crippen LogP contribution is -2.05. The first-order valence-electron chi connectivity index (χ1n) is 10.2. The standard InChI is InChI=1S/C26H19ClN2O2S2/c27-20-13-11-17(12-14-20)16-33(30,31)26-24(28)23-21(18-7-3-1-4-8-18)15-22(29-25(23)32-26)19-9-5-2-6-10-19/h1-15H,16,28H2. The molecule has 4 nitrogen and oxygen atoms in total. The third-order valence-corrected chi connectivity index (χ3v) is 9.03. The molecule has 0 unspecified atom stereocenters. The number of pyridine rings is 1. The van der Waals surface area contributed by atoms with Gasteiger partial charge in [-0.25, -0.2) is 13.4 Å². The highest BCUT2D eigenvalue weighted by Gasteiger charge is 2.26. The molecule has 0 saturated carbocycles. The molecule has 164 valence electrons. The van der Waals surface area contributed by atoms with E-state index < -0.39 is 9.84 Å². The van der Waals surface area contributed by atoms with Crippen molar-refractivity contribution in [3.8, 4) is 22.4 Å². The van der Waals surface area contributed by atoms with E-state index in [4.69, 9.17) is 22.3 Å². The van der Waals surface area contributed by atoms with E-state index in [1.165, 1.54) is 0 Å². The van der Waals surface area contributed by atoms with Crippen LogP contribution >= 0.6 is 22.9 Å². The van der Waals surface area contributed by atoms with Crippen molar-refractivity contribution in [2.24, 2.45) is 0 Å². The minimum atomic E-state index is -3.68. The Morgan fingerprint density at radius 1 is 0.848 bits per heavy atom. The first-order chi connectivity index (χ1) is 15.9. The number of thiophene rings is 1. The molecule has 0 atom stereocenters. The highest BCUT2D eigenvalue weighted by Crippen LogP contribution is 2.43. The summed E-state index contributed by atoms with van der Waals surface area (Å²) >= 11 is 7.06. The zero-order valence-electron chi connectivity index (χ0n) is 17.4. The molecule has 0 bridgehead atoms. The summed E-state index contributed by atoms with van der Waals surface area (Å²) in [5, 5.41) is 1.23. The first-order valence-corrected chi connectivity index (χ1v) is 13.1. The maximum absolute atomic E-state index is 13.3. The van der Waals surface area contributed by atoms with E-state index in [1.807, 2.05) is 66.7 Å². The largest absolute Gasteiger partial charge is 0.396 e. The Bertz CT molecular complexity index is 1550. The number of benzene rings is 3. The molecule has 3 aromatic carbocycles. The average Bonchev–Trinajstić information content (AvgIpc) is 3.18. The molecule has 0 saturated heterocycles. The van der Waals surface area contributed by atoms with Crippen LogP contribution in [0.5, 0.6) is 0 Å². The quantitative estimate of drug-likeness (QED) is 0.292. The Morgan fingerprint density at radius 2 is 1.45 bits per heavy atom. The van der Waals surface area contributed by atoms with E-state index >= 15 is 0 Å². The summed E-state index contributed by atoms with van der Waals surface area (Å²) in [6, 6.07) is 28.4. The summed E-state index contributed by atoms with van der Waals surface area (Å²) in [7, 11) is -3.68. The maximum Gasteiger partial charge on any atom is 0.194 e. The monoisotopic (exact) mass is 490 g/mol. The highest BCUT2D eigenvalue weighted by atomic mass is 35.5. The van der Waals surface area contributed by atoms with E-state index in [9.17, 15) is 8.42 Å². The maximum atomic E-state index is 13.3. The number of hydrogen-bond donors (Lipinski definition) is 1. The van der Waals surface area contributed by atoms with Crippen molar-refractivity contribution in [2.45, 2.75) is 9.96 Å². The van der Waals surface area contributed by atoms with Gasteiger partial charge in [-0.2, -0.15) is 0 Å². The minimum absolute atomic E-state index is 0.141. The lowest BCUT2D eigenvalue weighted by atomic mass is 10.00. The molecule has 0 spiro atoms. The van der Waals surface area contributed by atoms with Crippen molar-refractivity contribution in [1.29, 1.82) is 0 Å². The smallest absolute Gasteiger partial charge is 0.194 e. The fourth-order valence-electron chi connectivity index (χ4n) is 3.80. The molecule has 5 aromatic rings. The third kappa shape index (κ3) is 4.25. The topological polar surface area (TPSA) is 73.1 Å². The van der Waals surface area contributed by atoms with Crippen LogP contribution in [0.2, 0.25) is 5.02 Å². The van der Waals surface area contributed by atoms with Gasteiger partial charge in [0.05, 0.1) is 17.1 Å². The van der Waals surface area contributed by atoms with Crippen molar-refractivity contribution in [1.82, 2.24) is 4.98 Å². The molecule has 0 aliphatic heterocycles. The van der Waals surface area contributed by atoms with Crippen LogP contribution in [0, 0.1) is 0 Å². The second-order valence-electron chi connectivity index (χ2n) is 7.66. The van der Waals surface area contributed by atoms with Gasteiger partial charge >= 0.3 is 0 Å². The number of fused-ring (bicyclic) bond motifs is 1. The fraction of sp³-hybridized carbons (Fsp3) is 0.0385. The van der Waals surface area contributed by atoms with Crippen molar-refractivity contribution in [2.75, 3.05) is 5.73 Å². The average molecular weight is 491 g/mol. The predicted octanol–water partition coefficient (Wildman–Crippen LogP) is 6.84. The van der Waals surface area contributed by atoms with E-state index in [1.54, 1.807) is 24.3 Å². The van der Waals surface area contributed by atoms with E-state index in [-0.39, 0.29) is 15.6 Å². The van der Waals surface area contributed by atoms with E-state index in [2.05, 4.69) is 0 Å². The molecule has 33 heavy (non-hydrogen) atoms. The molecule has 0 aliphatic carbocycles. The fourth-order valence-corrected chi connectivity index (χ4v) is 6.90. The second-order valence-corrected chi connectivity index (χ2v) is 11.3. The van der Waals surface area contributed by atoms with Gasteiger partial charge in [-0.05, 0) is 34.9 Å². The Morgan fingerprint density at radius 3 is 2.09 bits per heavy atom. The summed E-state index contributed by atoms with van der Waals surface area (Å²) in [5.41, 5.74) is 10.9. The number of anilines is 1. The zero-order chi connectivity index (χ0) is 23.0. The van der Waals surface area contributed by atoms with Gasteiger partial charge in [0.15, 0.2) is 9.84 Å². The van der Waals surface area contributed by atoms with E-state index in [0.29, 0.717) is 20.8 Å². The number of sulfone groups is 1. The van der Waals surface area contributed by atoms with Crippen LogP contribution in [0.3, 0.4) is 0 Å². The molecule has 5 rings (SSSR count). The Hall–Kier alpha value is -3.19. The lowest BCUT2D eigenvalue weighted by molar-refractivity contribution is 0.597. The van der Waals surface area contributed by atoms with Gasteiger partial charge in [-0.3, -0.25) is 0 Å². The van der Waals surface area contributed by atoms with Crippen LogP contribution in [0.15, 0.2) is 95.2 Å². The van der Waals surface area contributed by atoms with Gasteiger partial charge in [0, 0.05) is 16.0 Å². The summed E-state index contributed by atoms with van der Waals surface area (Å²) in [6.45, 7) is 0. The first kappa shape index (κ1) is 21.6. The van der Waals surface area contributed by atoms with E-state index in [0.717, 1.165) is 33.7 Å². The molecule has 0 radical (unpaired) electrons. The van der Waals surface area contributed by atoms with Gasteiger partial charge < -0.3 is 5.73 Å². The molecule has 0 aliphatic rings. The number of halogens is 1. The Labute approximate surface area is 201 Å². The normalized spacial score (nSPS) is 11.7. The lowest BCUT2D eigenvalue weighted by Gasteiger charge is -2.09. The summed E-state index contributed by atoms with van der Waals surface area (Å²) in [6.07, 6.45) is 0. The summed E-state index contributed by atoms with van der Waals surface area (Å²) in [5.74, 6) is -0.159. The van der Waals surface area contributed by atoms with Crippen LogP contribution in [0.25, 0.3) is 32.6 Å². The molecular weight excluding hydrogens is 472 g/mol. The third-order valence-electron chi connectivity index (χ3n) is 5.37. The molecular formula is C26H19ClN2O2S2. The van der Waals surface area contributed by atoms with Crippen molar-refractivity contribution in [3.63, 3.8) is 0 Å². The van der Waals surface area contributed by atoms with Crippen LogP contribution in [0.4, 0.5) is 5.69 Å². The molecule has 0 amide bonds. The van der Waals surface area contributed by atoms with Gasteiger partial charge in [-0.15, -0.1) is 11.3 Å². The second kappa shape index (κ2) is 8.63. The van der Waals surface area contributed by atoms with Gasteiger partial charge in [-0.1, -0.05) is 84.4 Å². The minimum Gasteiger partial charge on any atom is -0.396 e. The van der Waals surface area contributed by atoms with Gasteiger partial charge in [0.25, 0.3) is 0 Å². The van der Waals surface area contributed by atoms with Crippen LogP contribution < -0.4 is 5.73 Å². The molecule has 2 aromatic heterocycles.